The van der Waals surface area contributed by atoms with Gasteiger partial charge in [0.1, 0.15) is 13.2 Å². The van der Waals surface area contributed by atoms with E-state index in [0.29, 0.717) is 0 Å². The molecule has 0 saturated carbocycles. The first-order valence-corrected chi connectivity index (χ1v) is 7.09. The standard InChI is InChI=1S/C14H20NO2.C2H6/c1-12(16-2)13-4-3-5-14(7-6-13)15-8-10-17-11-9-15;1-2/h3-4,6-7H,5,8-11H2,1-2H3;1-2H3/q+1;/b13-12-;. The second kappa shape index (κ2) is 8.70. The summed E-state index contributed by atoms with van der Waals surface area (Å²) in [6.07, 6.45) is 9.64. The lowest BCUT2D eigenvalue weighted by Gasteiger charge is -2.12. The molecule has 0 N–H and O–H groups in total. The molecule has 1 aliphatic carbocycles. The summed E-state index contributed by atoms with van der Waals surface area (Å²) in [6.45, 7) is 9.65. The molecule has 0 amide bonds. The zero-order valence-electron chi connectivity index (χ0n) is 12.6. The van der Waals surface area contributed by atoms with Crippen LogP contribution >= 0.6 is 0 Å². The second-order valence-electron chi connectivity index (χ2n) is 4.25. The van der Waals surface area contributed by atoms with Crippen LogP contribution < -0.4 is 0 Å². The number of hydrogen-bond acceptors (Lipinski definition) is 2. The highest BCUT2D eigenvalue weighted by Crippen LogP contribution is 2.13. The predicted molar refractivity (Wildman–Crippen MR) is 79.8 cm³/mol. The molecule has 0 bridgehead atoms. The molecule has 0 atom stereocenters. The first-order valence-electron chi connectivity index (χ1n) is 7.09. The van der Waals surface area contributed by atoms with E-state index in [2.05, 4.69) is 28.9 Å². The molecule has 3 nitrogen and oxygen atoms in total. The number of nitrogens with zero attached hydrogens (tertiary/aromatic N) is 1. The van der Waals surface area contributed by atoms with E-state index < -0.39 is 0 Å². The molecular formula is C16H26NO2+. The molecule has 0 radical (unpaired) electrons. The number of morpholine rings is 1. The fraction of sp³-hybridized carbons (Fsp3) is 0.562. The Balaban J connectivity index is 0.000000861. The fourth-order valence-electron chi connectivity index (χ4n) is 2.05. The number of methoxy groups -OCH3 is 1. The van der Waals surface area contributed by atoms with E-state index in [1.165, 1.54) is 5.71 Å². The molecule has 1 aliphatic heterocycles. The molecule has 1 saturated heterocycles. The Labute approximate surface area is 116 Å². The lowest BCUT2D eigenvalue weighted by Crippen LogP contribution is -2.32. The highest BCUT2D eigenvalue weighted by molar-refractivity contribution is 5.93. The van der Waals surface area contributed by atoms with Crippen LogP contribution in [-0.4, -0.2) is 43.7 Å². The normalized spacial score (nSPS) is 21.5. The van der Waals surface area contributed by atoms with Gasteiger partial charge in [-0.15, -0.1) is 0 Å². The van der Waals surface area contributed by atoms with Crippen LogP contribution in [0.1, 0.15) is 27.2 Å². The highest BCUT2D eigenvalue weighted by Gasteiger charge is 2.16. The number of hydrogen-bond donors (Lipinski definition) is 0. The molecule has 1 heterocycles. The van der Waals surface area contributed by atoms with Gasteiger partial charge in [-0.2, -0.15) is 0 Å². The third kappa shape index (κ3) is 4.67. The van der Waals surface area contributed by atoms with Crippen molar-refractivity contribution in [1.29, 1.82) is 0 Å². The highest BCUT2D eigenvalue weighted by atomic mass is 16.5. The quantitative estimate of drug-likeness (QED) is 0.536. The molecule has 106 valence electrons. The van der Waals surface area contributed by atoms with Crippen LogP contribution in [0.15, 0.2) is 35.6 Å². The van der Waals surface area contributed by atoms with Gasteiger partial charge in [-0.25, -0.2) is 4.58 Å². The third-order valence-electron chi connectivity index (χ3n) is 3.21. The largest absolute Gasteiger partial charge is 0.501 e. The van der Waals surface area contributed by atoms with E-state index in [1.54, 1.807) is 7.11 Å². The second-order valence-corrected chi connectivity index (χ2v) is 4.25. The topological polar surface area (TPSA) is 21.5 Å². The summed E-state index contributed by atoms with van der Waals surface area (Å²) < 4.78 is 13.0. The van der Waals surface area contributed by atoms with Crippen LogP contribution in [0, 0.1) is 0 Å². The van der Waals surface area contributed by atoms with Crippen molar-refractivity contribution in [2.75, 3.05) is 33.4 Å². The van der Waals surface area contributed by atoms with Crippen LogP contribution in [-0.2, 0) is 9.47 Å². The molecule has 2 aliphatic rings. The summed E-state index contributed by atoms with van der Waals surface area (Å²) in [5.74, 6) is 0.959. The maximum atomic E-state index is 5.37. The van der Waals surface area contributed by atoms with Gasteiger partial charge in [-0.05, 0) is 13.0 Å². The van der Waals surface area contributed by atoms with Crippen molar-refractivity contribution in [3.05, 3.63) is 35.6 Å². The van der Waals surface area contributed by atoms with Crippen LogP contribution in [0.5, 0.6) is 0 Å². The van der Waals surface area contributed by atoms with Gasteiger partial charge in [0, 0.05) is 11.6 Å². The minimum Gasteiger partial charge on any atom is -0.501 e. The Hall–Kier alpha value is -1.35. The molecule has 0 aromatic rings. The number of rotatable bonds is 1. The van der Waals surface area contributed by atoms with E-state index in [0.717, 1.165) is 44.1 Å². The molecule has 2 rings (SSSR count). The Morgan fingerprint density at radius 1 is 1.16 bits per heavy atom. The smallest absolute Gasteiger partial charge is 0.179 e. The van der Waals surface area contributed by atoms with Crippen molar-refractivity contribution in [3.8, 4) is 0 Å². The van der Waals surface area contributed by atoms with Gasteiger partial charge in [0.05, 0.1) is 19.3 Å². The molecule has 19 heavy (non-hydrogen) atoms. The molecular weight excluding hydrogens is 238 g/mol. The molecule has 0 aromatic heterocycles. The van der Waals surface area contributed by atoms with Crippen LogP contribution in [0.4, 0.5) is 0 Å². The number of ether oxygens (including phenoxy) is 2. The summed E-state index contributed by atoms with van der Waals surface area (Å²) in [7, 11) is 1.71. The molecule has 0 spiro atoms. The minimum absolute atomic E-state index is 0.834. The lowest BCUT2D eigenvalue weighted by atomic mass is 10.2. The van der Waals surface area contributed by atoms with Crippen molar-refractivity contribution in [2.45, 2.75) is 27.2 Å². The lowest BCUT2D eigenvalue weighted by molar-refractivity contribution is -0.549. The molecule has 1 fully saturated rings. The van der Waals surface area contributed by atoms with Gasteiger partial charge in [-0.1, -0.05) is 26.0 Å². The van der Waals surface area contributed by atoms with Crippen LogP contribution in [0.25, 0.3) is 0 Å². The van der Waals surface area contributed by atoms with Gasteiger partial charge in [-0.3, -0.25) is 0 Å². The summed E-state index contributed by atoms with van der Waals surface area (Å²) in [6, 6.07) is 0. The third-order valence-corrected chi connectivity index (χ3v) is 3.21. The van der Waals surface area contributed by atoms with E-state index >= 15 is 0 Å². The van der Waals surface area contributed by atoms with Gasteiger partial charge in [0.15, 0.2) is 18.8 Å². The van der Waals surface area contributed by atoms with Gasteiger partial charge >= 0.3 is 0 Å². The zero-order valence-corrected chi connectivity index (χ0v) is 12.6. The Morgan fingerprint density at radius 2 is 1.84 bits per heavy atom. The molecule has 3 heteroatoms. The van der Waals surface area contributed by atoms with Gasteiger partial charge in [0.2, 0.25) is 0 Å². The number of allylic oxidation sites excluding steroid dienone is 6. The zero-order chi connectivity index (χ0) is 14.1. The summed E-state index contributed by atoms with van der Waals surface area (Å²) in [5.41, 5.74) is 2.51. The van der Waals surface area contributed by atoms with Crippen molar-refractivity contribution in [1.82, 2.24) is 0 Å². The maximum absolute atomic E-state index is 5.37. The maximum Gasteiger partial charge on any atom is 0.179 e. The summed E-state index contributed by atoms with van der Waals surface area (Å²) in [5, 5.41) is 0. The Morgan fingerprint density at radius 3 is 2.47 bits per heavy atom. The van der Waals surface area contributed by atoms with Crippen LogP contribution in [0.2, 0.25) is 0 Å². The summed E-state index contributed by atoms with van der Waals surface area (Å²) >= 11 is 0. The van der Waals surface area contributed by atoms with Crippen LogP contribution in [0.3, 0.4) is 0 Å². The van der Waals surface area contributed by atoms with E-state index in [-0.39, 0.29) is 0 Å². The van der Waals surface area contributed by atoms with E-state index in [4.69, 9.17) is 9.47 Å². The van der Waals surface area contributed by atoms with Crippen molar-refractivity contribution >= 4 is 5.71 Å². The molecule has 0 aromatic carbocycles. The van der Waals surface area contributed by atoms with Gasteiger partial charge in [0.25, 0.3) is 0 Å². The van der Waals surface area contributed by atoms with E-state index in [1.807, 2.05) is 20.8 Å². The summed E-state index contributed by atoms with van der Waals surface area (Å²) in [4.78, 5) is 0. The molecule has 0 unspecified atom stereocenters. The van der Waals surface area contributed by atoms with Gasteiger partial charge < -0.3 is 9.47 Å². The van der Waals surface area contributed by atoms with E-state index in [9.17, 15) is 0 Å². The first kappa shape index (κ1) is 15.7. The van der Waals surface area contributed by atoms with Crippen molar-refractivity contribution in [3.63, 3.8) is 0 Å². The van der Waals surface area contributed by atoms with Crippen molar-refractivity contribution in [2.24, 2.45) is 0 Å². The fourth-order valence-corrected chi connectivity index (χ4v) is 2.05. The Kier molecular flexibility index (Phi) is 7.19. The van der Waals surface area contributed by atoms with Crippen molar-refractivity contribution < 1.29 is 14.0 Å². The average Bonchev–Trinajstić information content (AvgIpc) is 2.75. The minimum atomic E-state index is 0.834. The SMILES string of the molecule is CC.CO/C(C)=C1/C=CCC(=[N+]2CCOCC2)C=C1. The predicted octanol–water partition coefficient (Wildman–Crippen LogP) is 2.93. The average molecular weight is 264 g/mol. The first-order chi connectivity index (χ1) is 9.31. The Bertz CT molecular complexity index is 395. The monoisotopic (exact) mass is 264 g/mol.